The molecule has 3 rings (SSSR count). The van der Waals surface area contributed by atoms with Gasteiger partial charge in [0.15, 0.2) is 0 Å². The molecule has 168 valence electrons. The van der Waals surface area contributed by atoms with Gasteiger partial charge in [0.25, 0.3) is 0 Å². The average molecular weight is 430 g/mol. The molecule has 1 unspecified atom stereocenters. The molecule has 0 radical (unpaired) electrons. The van der Waals surface area contributed by atoms with Crippen LogP contribution in [-0.4, -0.2) is 34.0 Å². The Morgan fingerprint density at radius 1 is 1.19 bits per heavy atom. The number of benzene rings is 1. The zero-order chi connectivity index (χ0) is 23.2. The summed E-state index contributed by atoms with van der Waals surface area (Å²) in [5, 5.41) is 3.42. The van der Waals surface area contributed by atoms with Crippen LogP contribution in [0.2, 0.25) is 0 Å². The molecule has 1 aromatic carbocycles. The van der Waals surface area contributed by atoms with E-state index in [9.17, 15) is 0 Å². The summed E-state index contributed by atoms with van der Waals surface area (Å²) >= 11 is 0. The first-order valence-corrected chi connectivity index (χ1v) is 10.9. The fraction of sp³-hybridized carbons (Fsp3) is 0.259. The highest BCUT2D eigenvalue weighted by Crippen LogP contribution is 2.26. The van der Waals surface area contributed by atoms with Gasteiger partial charge < -0.3 is 16.0 Å². The van der Waals surface area contributed by atoms with Gasteiger partial charge in [0.1, 0.15) is 0 Å². The van der Waals surface area contributed by atoms with Crippen molar-refractivity contribution >= 4 is 0 Å². The lowest BCUT2D eigenvalue weighted by atomic mass is 10.1. The van der Waals surface area contributed by atoms with E-state index in [4.69, 9.17) is 5.73 Å². The largest absolute Gasteiger partial charge is 0.383 e. The summed E-state index contributed by atoms with van der Waals surface area (Å²) in [6, 6.07) is 10.3. The second kappa shape index (κ2) is 13.8. The van der Waals surface area contributed by atoms with E-state index in [0.29, 0.717) is 19.5 Å². The molecular formula is C27H35N5. The van der Waals surface area contributed by atoms with E-state index in [0.717, 1.165) is 42.0 Å². The standard InChI is InChI=1S/C20H26N4.C7H9N/c1-5-8-18(6-2)14-23-17(4)20-9-7-12-24(20)16(3)13-19-15-21-10-11-22-19;8-6-7-4-2-1-3-5-7/h5-6,8,10-11,15,20,23H,1-4,7,9,12-14H2;1-5H,6,8H2/b18-8+;. The van der Waals surface area contributed by atoms with Gasteiger partial charge >= 0.3 is 0 Å². The summed E-state index contributed by atoms with van der Waals surface area (Å²) in [5.41, 5.74) is 10.6. The van der Waals surface area contributed by atoms with Gasteiger partial charge in [-0.15, -0.1) is 0 Å². The molecule has 1 aromatic heterocycles. The molecule has 5 nitrogen and oxygen atoms in total. The number of hydrogen-bond donors (Lipinski definition) is 2. The smallest absolute Gasteiger partial charge is 0.0680 e. The predicted molar refractivity (Wildman–Crippen MR) is 135 cm³/mol. The highest BCUT2D eigenvalue weighted by molar-refractivity contribution is 5.24. The number of nitrogens with zero attached hydrogens (tertiary/aromatic N) is 3. The zero-order valence-electron chi connectivity index (χ0n) is 18.9. The third-order valence-corrected chi connectivity index (χ3v) is 5.26. The number of hydrogen-bond acceptors (Lipinski definition) is 5. The average Bonchev–Trinajstić information content (AvgIpc) is 3.33. The molecule has 1 aliphatic rings. The van der Waals surface area contributed by atoms with Crippen LogP contribution in [0.25, 0.3) is 0 Å². The Morgan fingerprint density at radius 2 is 1.97 bits per heavy atom. The van der Waals surface area contributed by atoms with Crippen LogP contribution in [0.4, 0.5) is 0 Å². The van der Waals surface area contributed by atoms with E-state index >= 15 is 0 Å². The Labute approximate surface area is 192 Å². The number of allylic oxidation sites excluding steroid dienone is 3. The summed E-state index contributed by atoms with van der Waals surface area (Å²) in [6.07, 6.45) is 13.7. The molecule has 32 heavy (non-hydrogen) atoms. The minimum Gasteiger partial charge on any atom is -0.383 e. The topological polar surface area (TPSA) is 67.1 Å². The highest BCUT2D eigenvalue weighted by Gasteiger charge is 2.27. The van der Waals surface area contributed by atoms with Gasteiger partial charge in [0.2, 0.25) is 0 Å². The quantitative estimate of drug-likeness (QED) is 0.543. The number of likely N-dealkylation sites (tertiary alicyclic amines) is 1. The van der Waals surface area contributed by atoms with E-state index in [1.165, 1.54) is 5.56 Å². The Balaban J connectivity index is 0.000000380. The minimum atomic E-state index is 0.268. The maximum absolute atomic E-state index is 5.35. The number of aromatic nitrogens is 2. The summed E-state index contributed by atoms with van der Waals surface area (Å²) in [4.78, 5) is 10.8. The zero-order valence-corrected chi connectivity index (χ0v) is 18.9. The molecule has 0 saturated carbocycles. The van der Waals surface area contributed by atoms with Crippen LogP contribution in [0.15, 0.2) is 110 Å². The number of nitrogens with two attached hydrogens (primary N) is 1. The Morgan fingerprint density at radius 3 is 2.56 bits per heavy atom. The lowest BCUT2D eigenvalue weighted by Crippen LogP contribution is -2.36. The van der Waals surface area contributed by atoms with Gasteiger partial charge in [-0.25, -0.2) is 0 Å². The second-order valence-electron chi connectivity index (χ2n) is 7.54. The normalized spacial score (nSPS) is 15.3. The minimum absolute atomic E-state index is 0.268. The van der Waals surface area contributed by atoms with Crippen LogP contribution in [0.3, 0.4) is 0 Å². The molecule has 2 heterocycles. The van der Waals surface area contributed by atoms with E-state index in [2.05, 4.69) is 46.5 Å². The first-order chi connectivity index (χ1) is 15.6. The lowest BCUT2D eigenvalue weighted by molar-refractivity contribution is 0.338. The van der Waals surface area contributed by atoms with Gasteiger partial charge in [-0.2, -0.15) is 0 Å². The highest BCUT2D eigenvalue weighted by atomic mass is 15.2. The van der Waals surface area contributed by atoms with Crippen LogP contribution >= 0.6 is 0 Å². The van der Waals surface area contributed by atoms with Crippen molar-refractivity contribution in [1.29, 1.82) is 0 Å². The SMILES string of the molecule is C=C/C=C(\C=C)CNC(=C)C1CCCN1C(=C)Cc1cnccn1.NCc1ccccc1. The predicted octanol–water partition coefficient (Wildman–Crippen LogP) is 4.54. The molecule has 0 amide bonds. The number of nitrogens with one attached hydrogen (secondary N) is 1. The van der Waals surface area contributed by atoms with Gasteiger partial charge in [-0.05, 0) is 24.0 Å². The molecule has 5 heteroatoms. The van der Waals surface area contributed by atoms with Crippen LogP contribution in [0.1, 0.15) is 24.1 Å². The molecule has 1 aliphatic heterocycles. The maximum Gasteiger partial charge on any atom is 0.0680 e. The van der Waals surface area contributed by atoms with E-state index in [1.807, 2.05) is 42.5 Å². The Kier molecular flexibility index (Phi) is 10.7. The molecular weight excluding hydrogens is 394 g/mol. The summed E-state index contributed by atoms with van der Waals surface area (Å²) < 4.78 is 0. The van der Waals surface area contributed by atoms with Crippen molar-refractivity contribution in [2.24, 2.45) is 5.73 Å². The van der Waals surface area contributed by atoms with E-state index < -0.39 is 0 Å². The Bertz CT molecular complexity index is 902. The molecule has 0 bridgehead atoms. The molecule has 2 aromatic rings. The summed E-state index contributed by atoms with van der Waals surface area (Å²) in [7, 11) is 0. The van der Waals surface area contributed by atoms with Crippen molar-refractivity contribution in [3.63, 3.8) is 0 Å². The first kappa shape index (κ1) is 24.8. The Hall–Kier alpha value is -3.44. The van der Waals surface area contributed by atoms with Crippen molar-refractivity contribution in [3.05, 3.63) is 122 Å². The molecule has 0 spiro atoms. The third kappa shape index (κ3) is 8.00. The van der Waals surface area contributed by atoms with Gasteiger partial charge in [-0.1, -0.05) is 74.9 Å². The molecule has 3 N–H and O–H groups in total. The molecule has 1 atom stereocenters. The van der Waals surface area contributed by atoms with Crippen LogP contribution in [0.5, 0.6) is 0 Å². The van der Waals surface area contributed by atoms with Crippen molar-refractivity contribution < 1.29 is 0 Å². The molecule has 1 saturated heterocycles. The summed E-state index contributed by atoms with van der Waals surface area (Å²) in [6.45, 7) is 18.4. The monoisotopic (exact) mass is 429 g/mol. The van der Waals surface area contributed by atoms with E-state index in [1.54, 1.807) is 24.7 Å². The van der Waals surface area contributed by atoms with Crippen LogP contribution in [-0.2, 0) is 13.0 Å². The fourth-order valence-corrected chi connectivity index (χ4v) is 3.54. The third-order valence-electron chi connectivity index (χ3n) is 5.26. The van der Waals surface area contributed by atoms with Gasteiger partial charge in [-0.3, -0.25) is 9.97 Å². The summed E-state index contributed by atoms with van der Waals surface area (Å²) in [5.74, 6) is 0. The molecule has 0 aliphatic carbocycles. The van der Waals surface area contributed by atoms with Crippen LogP contribution in [0, 0.1) is 0 Å². The van der Waals surface area contributed by atoms with Gasteiger partial charge in [0.05, 0.1) is 11.7 Å². The van der Waals surface area contributed by atoms with Crippen molar-refractivity contribution in [1.82, 2.24) is 20.2 Å². The molecule has 1 fully saturated rings. The van der Waals surface area contributed by atoms with Crippen molar-refractivity contribution in [3.8, 4) is 0 Å². The second-order valence-corrected chi connectivity index (χ2v) is 7.54. The van der Waals surface area contributed by atoms with Gasteiger partial charge in [0, 0.05) is 56.0 Å². The van der Waals surface area contributed by atoms with Crippen molar-refractivity contribution in [2.45, 2.75) is 31.8 Å². The fourth-order valence-electron chi connectivity index (χ4n) is 3.54. The lowest BCUT2D eigenvalue weighted by Gasteiger charge is -2.30. The van der Waals surface area contributed by atoms with Crippen molar-refractivity contribution in [2.75, 3.05) is 13.1 Å². The van der Waals surface area contributed by atoms with E-state index in [-0.39, 0.29) is 6.04 Å². The maximum atomic E-state index is 5.35. The first-order valence-electron chi connectivity index (χ1n) is 10.9. The number of rotatable bonds is 10. The van der Waals surface area contributed by atoms with Crippen LogP contribution < -0.4 is 11.1 Å².